The Labute approximate surface area is 208 Å². The van der Waals surface area contributed by atoms with Gasteiger partial charge in [0.15, 0.2) is 6.61 Å². The van der Waals surface area contributed by atoms with Crippen LogP contribution >= 0.6 is 0 Å². The first kappa shape index (κ1) is 24.6. The molecule has 9 heteroatoms. The van der Waals surface area contributed by atoms with E-state index in [4.69, 9.17) is 9.47 Å². The first-order chi connectivity index (χ1) is 17.5. The summed E-state index contributed by atoms with van der Waals surface area (Å²) >= 11 is 0. The maximum absolute atomic E-state index is 13.4. The molecule has 36 heavy (non-hydrogen) atoms. The van der Waals surface area contributed by atoms with Crippen LogP contribution in [0, 0.1) is 0 Å². The molecule has 0 spiro atoms. The standard InChI is InChI=1S/C27H25N3O6/c1-2-35-27(34)20-10-12-21(13-11-20)30-24(31)15-23(26(30)33)29(17-19-7-6-14-28-16-19)25(32)18-36-22-8-4-3-5-9-22/h3-14,16,23H,2,15,17-18H2,1H3. The summed E-state index contributed by atoms with van der Waals surface area (Å²) in [4.78, 5) is 58.0. The summed E-state index contributed by atoms with van der Waals surface area (Å²) in [5.74, 6) is -1.38. The Kier molecular flexibility index (Phi) is 7.69. The van der Waals surface area contributed by atoms with Crippen molar-refractivity contribution >= 4 is 29.4 Å². The van der Waals surface area contributed by atoms with Crippen molar-refractivity contribution in [3.63, 3.8) is 0 Å². The quantitative estimate of drug-likeness (QED) is 0.337. The predicted molar refractivity (Wildman–Crippen MR) is 130 cm³/mol. The van der Waals surface area contributed by atoms with E-state index in [0.29, 0.717) is 22.6 Å². The fourth-order valence-corrected chi connectivity index (χ4v) is 3.90. The van der Waals surface area contributed by atoms with Gasteiger partial charge < -0.3 is 14.4 Å². The van der Waals surface area contributed by atoms with Crippen LogP contribution in [0.2, 0.25) is 0 Å². The average molecular weight is 488 g/mol. The lowest BCUT2D eigenvalue weighted by Crippen LogP contribution is -2.46. The molecule has 184 valence electrons. The zero-order valence-electron chi connectivity index (χ0n) is 19.7. The number of pyridine rings is 1. The molecule has 1 aromatic heterocycles. The second-order valence-electron chi connectivity index (χ2n) is 8.04. The van der Waals surface area contributed by atoms with Gasteiger partial charge in [0.25, 0.3) is 11.8 Å². The summed E-state index contributed by atoms with van der Waals surface area (Å²) in [7, 11) is 0. The van der Waals surface area contributed by atoms with Crippen molar-refractivity contribution in [1.29, 1.82) is 0 Å². The van der Waals surface area contributed by atoms with Gasteiger partial charge in [0.2, 0.25) is 5.91 Å². The average Bonchev–Trinajstić information content (AvgIpc) is 3.20. The number of anilines is 1. The van der Waals surface area contributed by atoms with Gasteiger partial charge in [-0.3, -0.25) is 19.4 Å². The SMILES string of the molecule is CCOC(=O)c1ccc(N2C(=O)CC(N(Cc3cccnc3)C(=O)COc3ccccc3)C2=O)cc1. The van der Waals surface area contributed by atoms with Crippen molar-refractivity contribution in [2.75, 3.05) is 18.1 Å². The molecule has 1 aliphatic rings. The topological polar surface area (TPSA) is 106 Å². The minimum Gasteiger partial charge on any atom is -0.484 e. The van der Waals surface area contributed by atoms with Crippen molar-refractivity contribution in [3.05, 3.63) is 90.3 Å². The number of imide groups is 1. The van der Waals surface area contributed by atoms with Gasteiger partial charge >= 0.3 is 5.97 Å². The monoisotopic (exact) mass is 487 g/mol. The molecule has 1 aliphatic heterocycles. The number of ether oxygens (including phenoxy) is 2. The number of aromatic nitrogens is 1. The number of amides is 3. The highest BCUT2D eigenvalue weighted by Gasteiger charge is 2.44. The molecule has 0 aliphatic carbocycles. The highest BCUT2D eigenvalue weighted by atomic mass is 16.5. The van der Waals surface area contributed by atoms with Crippen molar-refractivity contribution in [2.45, 2.75) is 25.9 Å². The number of rotatable bonds is 9. The number of benzene rings is 2. The number of hydrogen-bond acceptors (Lipinski definition) is 7. The van der Waals surface area contributed by atoms with Crippen LogP contribution in [0.4, 0.5) is 5.69 Å². The lowest BCUT2D eigenvalue weighted by atomic mass is 10.1. The van der Waals surface area contributed by atoms with Crippen LogP contribution in [0.25, 0.3) is 0 Å². The number of nitrogens with zero attached hydrogens (tertiary/aromatic N) is 3. The van der Waals surface area contributed by atoms with E-state index in [0.717, 1.165) is 4.90 Å². The summed E-state index contributed by atoms with van der Waals surface area (Å²) in [5.41, 5.74) is 1.33. The summed E-state index contributed by atoms with van der Waals surface area (Å²) in [6, 6.07) is 17.4. The van der Waals surface area contributed by atoms with Gasteiger partial charge in [-0.05, 0) is 55.0 Å². The summed E-state index contributed by atoms with van der Waals surface area (Å²) in [6.07, 6.45) is 3.04. The molecule has 9 nitrogen and oxygen atoms in total. The molecule has 2 aromatic carbocycles. The van der Waals surface area contributed by atoms with Gasteiger partial charge in [0.1, 0.15) is 11.8 Å². The molecule has 0 bridgehead atoms. The van der Waals surface area contributed by atoms with Crippen LogP contribution in [-0.4, -0.2) is 52.8 Å². The lowest BCUT2D eigenvalue weighted by molar-refractivity contribution is -0.140. The first-order valence-electron chi connectivity index (χ1n) is 11.5. The fraction of sp³-hybridized carbons (Fsp3) is 0.222. The Morgan fingerprint density at radius 2 is 1.78 bits per heavy atom. The molecular formula is C27H25N3O6. The molecule has 4 rings (SSSR count). The molecule has 3 amide bonds. The van der Waals surface area contributed by atoms with Crippen LogP contribution < -0.4 is 9.64 Å². The molecule has 0 radical (unpaired) electrons. The molecule has 1 atom stereocenters. The molecule has 1 fully saturated rings. The van der Waals surface area contributed by atoms with E-state index in [-0.39, 0.29) is 26.2 Å². The third-order valence-corrected chi connectivity index (χ3v) is 5.64. The molecule has 0 saturated carbocycles. The zero-order valence-corrected chi connectivity index (χ0v) is 19.7. The van der Waals surface area contributed by atoms with E-state index in [9.17, 15) is 19.2 Å². The maximum atomic E-state index is 13.4. The van der Waals surface area contributed by atoms with Gasteiger partial charge in [-0.25, -0.2) is 9.69 Å². The molecular weight excluding hydrogens is 462 g/mol. The maximum Gasteiger partial charge on any atom is 0.338 e. The number of hydrogen-bond donors (Lipinski definition) is 0. The minimum absolute atomic E-state index is 0.0874. The van der Waals surface area contributed by atoms with Crippen LogP contribution in [0.1, 0.15) is 29.3 Å². The highest BCUT2D eigenvalue weighted by Crippen LogP contribution is 2.27. The van der Waals surface area contributed by atoms with Gasteiger partial charge in [-0.1, -0.05) is 24.3 Å². The summed E-state index contributed by atoms with van der Waals surface area (Å²) in [6.45, 7) is 1.73. The van der Waals surface area contributed by atoms with Gasteiger partial charge in [-0.15, -0.1) is 0 Å². The first-order valence-corrected chi connectivity index (χ1v) is 11.5. The van der Waals surface area contributed by atoms with Crippen molar-refractivity contribution in [2.24, 2.45) is 0 Å². The zero-order chi connectivity index (χ0) is 25.5. The molecule has 3 aromatic rings. The van der Waals surface area contributed by atoms with E-state index < -0.39 is 29.7 Å². The molecule has 2 heterocycles. The van der Waals surface area contributed by atoms with E-state index in [1.54, 1.807) is 55.7 Å². The van der Waals surface area contributed by atoms with Crippen LogP contribution in [0.3, 0.4) is 0 Å². The highest BCUT2D eigenvalue weighted by molar-refractivity contribution is 6.23. The molecule has 1 unspecified atom stereocenters. The third-order valence-electron chi connectivity index (χ3n) is 5.64. The summed E-state index contributed by atoms with van der Waals surface area (Å²) in [5, 5.41) is 0. The third kappa shape index (κ3) is 5.57. The lowest BCUT2D eigenvalue weighted by Gasteiger charge is -2.27. The Balaban J connectivity index is 1.55. The molecule has 1 saturated heterocycles. The van der Waals surface area contributed by atoms with Gasteiger partial charge in [0.05, 0.1) is 24.3 Å². The van der Waals surface area contributed by atoms with E-state index >= 15 is 0 Å². The normalized spacial score (nSPS) is 15.0. The van der Waals surface area contributed by atoms with E-state index in [1.807, 2.05) is 6.07 Å². The van der Waals surface area contributed by atoms with Crippen molar-refractivity contribution in [1.82, 2.24) is 9.88 Å². The minimum atomic E-state index is -1.01. The van der Waals surface area contributed by atoms with Crippen LogP contribution in [-0.2, 0) is 25.7 Å². The number of carbonyl (C=O) groups excluding carboxylic acids is 4. The van der Waals surface area contributed by atoms with E-state index in [2.05, 4.69) is 4.98 Å². The Hall–Kier alpha value is -4.53. The number of esters is 1. The second-order valence-corrected chi connectivity index (χ2v) is 8.04. The Morgan fingerprint density at radius 3 is 2.44 bits per heavy atom. The Morgan fingerprint density at radius 1 is 1.03 bits per heavy atom. The van der Waals surface area contributed by atoms with Gasteiger partial charge in [-0.2, -0.15) is 0 Å². The second kappa shape index (κ2) is 11.3. The van der Waals surface area contributed by atoms with Crippen LogP contribution in [0.15, 0.2) is 79.1 Å². The van der Waals surface area contributed by atoms with Crippen molar-refractivity contribution in [3.8, 4) is 5.75 Å². The fourth-order valence-electron chi connectivity index (χ4n) is 3.90. The smallest absolute Gasteiger partial charge is 0.338 e. The number of carbonyl (C=O) groups is 4. The molecule has 0 N–H and O–H groups in total. The largest absolute Gasteiger partial charge is 0.484 e. The van der Waals surface area contributed by atoms with Crippen LogP contribution in [0.5, 0.6) is 5.75 Å². The number of para-hydroxylation sites is 1. The Bertz CT molecular complexity index is 1230. The van der Waals surface area contributed by atoms with Crippen molar-refractivity contribution < 1.29 is 28.7 Å². The van der Waals surface area contributed by atoms with Gasteiger partial charge in [0, 0.05) is 18.9 Å². The van der Waals surface area contributed by atoms with E-state index in [1.165, 1.54) is 29.2 Å². The summed E-state index contributed by atoms with van der Waals surface area (Å²) < 4.78 is 10.6. The predicted octanol–water partition coefficient (Wildman–Crippen LogP) is 3.00.